The Morgan fingerprint density at radius 1 is 1.19 bits per heavy atom. The summed E-state index contributed by atoms with van der Waals surface area (Å²) in [5.41, 5.74) is 2.99. The number of halogens is 3. The maximum Gasteiger partial charge on any atom is 0.228 e. The van der Waals surface area contributed by atoms with Crippen molar-refractivity contribution in [1.82, 2.24) is 9.97 Å². The molecule has 2 aromatic rings. The van der Waals surface area contributed by atoms with Crippen LogP contribution in [0.4, 0.5) is 0 Å². The predicted molar refractivity (Wildman–Crippen MR) is 90.0 cm³/mol. The van der Waals surface area contributed by atoms with Crippen LogP contribution in [0, 0.1) is 6.92 Å². The Morgan fingerprint density at radius 2 is 1.90 bits per heavy atom. The lowest BCUT2D eigenvalue weighted by Crippen LogP contribution is -2.01. The third-order valence-electron chi connectivity index (χ3n) is 2.89. The number of hydrogen-bond donors (Lipinski definition) is 0. The van der Waals surface area contributed by atoms with Crippen LogP contribution < -0.4 is 4.74 Å². The molecule has 0 unspecified atom stereocenters. The molecule has 1 heterocycles. The average Bonchev–Trinajstić information content (AvgIpc) is 2.36. The molecule has 0 aliphatic rings. The molecule has 0 atom stereocenters. The largest absolute Gasteiger partial charge is 0.438 e. The molecular formula is C15H15BrCl2N2O. The number of ether oxygens (including phenoxy) is 1. The molecule has 1 aromatic carbocycles. The lowest BCUT2D eigenvalue weighted by atomic mass is 10.1. The van der Waals surface area contributed by atoms with Crippen LogP contribution in [0.1, 0.15) is 36.5 Å². The minimum Gasteiger partial charge on any atom is -0.438 e. The molecule has 1 aromatic heterocycles. The van der Waals surface area contributed by atoms with Crippen molar-refractivity contribution in [3.05, 3.63) is 45.3 Å². The molecule has 0 amide bonds. The van der Waals surface area contributed by atoms with Gasteiger partial charge in [-0.25, -0.2) is 4.98 Å². The van der Waals surface area contributed by atoms with Crippen molar-refractivity contribution >= 4 is 39.1 Å². The second kappa shape index (κ2) is 6.95. The van der Waals surface area contributed by atoms with Crippen LogP contribution in [-0.4, -0.2) is 9.97 Å². The van der Waals surface area contributed by atoms with Gasteiger partial charge in [-0.05, 0) is 47.7 Å². The quantitative estimate of drug-likeness (QED) is 0.370. The smallest absolute Gasteiger partial charge is 0.228 e. The van der Waals surface area contributed by atoms with E-state index < -0.39 is 0 Å². The zero-order valence-electron chi connectivity index (χ0n) is 12.0. The van der Waals surface area contributed by atoms with Gasteiger partial charge in [0.2, 0.25) is 11.2 Å². The van der Waals surface area contributed by atoms with Gasteiger partial charge in [-0.2, -0.15) is 4.98 Å². The molecule has 0 spiro atoms. The van der Waals surface area contributed by atoms with E-state index in [4.69, 9.17) is 27.9 Å². The fourth-order valence-corrected chi connectivity index (χ4v) is 2.94. The lowest BCUT2D eigenvalue weighted by molar-refractivity contribution is 0.450. The minimum atomic E-state index is 0.0766. The summed E-state index contributed by atoms with van der Waals surface area (Å²) in [5, 5.41) is 1.16. The highest BCUT2D eigenvalue weighted by molar-refractivity contribution is 9.08. The van der Waals surface area contributed by atoms with E-state index in [1.165, 1.54) is 0 Å². The van der Waals surface area contributed by atoms with Crippen molar-refractivity contribution in [1.29, 1.82) is 0 Å². The molecule has 0 bridgehead atoms. The Kier molecular flexibility index (Phi) is 5.47. The second-order valence-electron chi connectivity index (χ2n) is 5.05. The molecule has 0 radical (unpaired) electrons. The monoisotopic (exact) mass is 388 g/mol. The first-order chi connectivity index (χ1) is 9.90. The summed E-state index contributed by atoms with van der Waals surface area (Å²) in [7, 11) is 0. The highest BCUT2D eigenvalue weighted by Gasteiger charge is 2.18. The molecule has 2 rings (SSSR count). The normalized spacial score (nSPS) is 11.0. The number of alkyl halides is 1. The van der Waals surface area contributed by atoms with E-state index in [1.807, 2.05) is 32.9 Å². The summed E-state index contributed by atoms with van der Waals surface area (Å²) in [6.07, 6.45) is 0. The Balaban J connectivity index is 2.46. The molecule has 21 heavy (non-hydrogen) atoms. The van der Waals surface area contributed by atoms with Crippen LogP contribution in [0.2, 0.25) is 10.4 Å². The van der Waals surface area contributed by atoms with E-state index in [2.05, 4.69) is 32.0 Å². The van der Waals surface area contributed by atoms with Gasteiger partial charge in [-0.15, -0.1) is 0 Å². The summed E-state index contributed by atoms with van der Waals surface area (Å²) in [6, 6.07) is 5.99. The van der Waals surface area contributed by atoms with Gasteiger partial charge >= 0.3 is 0 Å². The molecular weight excluding hydrogens is 375 g/mol. The van der Waals surface area contributed by atoms with Gasteiger partial charge in [0.05, 0.1) is 5.56 Å². The van der Waals surface area contributed by atoms with Crippen LogP contribution in [0.3, 0.4) is 0 Å². The summed E-state index contributed by atoms with van der Waals surface area (Å²) >= 11 is 15.5. The molecule has 0 saturated carbocycles. The summed E-state index contributed by atoms with van der Waals surface area (Å²) in [6.45, 7) is 6.03. The van der Waals surface area contributed by atoms with Crippen molar-refractivity contribution in [2.75, 3.05) is 0 Å². The zero-order valence-corrected chi connectivity index (χ0v) is 15.1. The fourth-order valence-electron chi connectivity index (χ4n) is 2.03. The van der Waals surface area contributed by atoms with E-state index in [0.29, 0.717) is 16.8 Å². The molecule has 0 N–H and O–H groups in total. The van der Waals surface area contributed by atoms with E-state index >= 15 is 0 Å². The first-order valence-electron chi connectivity index (χ1n) is 6.48. The number of nitrogens with zero attached hydrogens (tertiary/aromatic N) is 2. The number of hydrogen-bond acceptors (Lipinski definition) is 3. The third-order valence-corrected chi connectivity index (χ3v) is 4.00. The van der Waals surface area contributed by atoms with Gasteiger partial charge in [0.15, 0.2) is 0 Å². The summed E-state index contributed by atoms with van der Waals surface area (Å²) in [5.74, 6) is 1.24. The molecule has 0 aliphatic carbocycles. The van der Waals surface area contributed by atoms with Gasteiger partial charge in [-0.1, -0.05) is 47.4 Å². The van der Waals surface area contributed by atoms with E-state index in [9.17, 15) is 0 Å². The second-order valence-corrected chi connectivity index (χ2v) is 6.30. The molecule has 112 valence electrons. The van der Waals surface area contributed by atoms with E-state index in [0.717, 1.165) is 22.0 Å². The van der Waals surface area contributed by atoms with Gasteiger partial charge in [0.25, 0.3) is 0 Å². The van der Waals surface area contributed by atoms with Gasteiger partial charge in [0, 0.05) is 5.33 Å². The first kappa shape index (κ1) is 16.5. The van der Waals surface area contributed by atoms with E-state index in [-0.39, 0.29) is 11.2 Å². The van der Waals surface area contributed by atoms with Crippen molar-refractivity contribution in [2.45, 2.75) is 32.0 Å². The molecule has 6 heteroatoms. The molecule has 0 saturated heterocycles. The summed E-state index contributed by atoms with van der Waals surface area (Å²) < 4.78 is 5.91. The topological polar surface area (TPSA) is 35.0 Å². The average molecular weight is 390 g/mol. The zero-order chi connectivity index (χ0) is 15.6. The third kappa shape index (κ3) is 4.09. The van der Waals surface area contributed by atoms with Crippen LogP contribution in [0.5, 0.6) is 11.6 Å². The first-order valence-corrected chi connectivity index (χ1v) is 8.35. The highest BCUT2D eigenvalue weighted by atomic mass is 79.9. The minimum absolute atomic E-state index is 0.0766. The number of aryl methyl sites for hydroxylation is 1. The maximum atomic E-state index is 6.16. The Hall–Kier alpha value is -0.840. The van der Waals surface area contributed by atoms with Crippen molar-refractivity contribution in [3.63, 3.8) is 0 Å². The van der Waals surface area contributed by atoms with Crippen LogP contribution in [-0.2, 0) is 5.33 Å². The van der Waals surface area contributed by atoms with E-state index in [1.54, 1.807) is 0 Å². The van der Waals surface area contributed by atoms with Crippen LogP contribution in [0.15, 0.2) is 18.2 Å². The SMILES string of the molecule is Cc1cc(CBr)cc(Oc2nc(Cl)nc(Cl)c2C(C)C)c1. The molecule has 0 fully saturated rings. The Bertz CT molecular complexity index is 662. The van der Waals surface area contributed by atoms with Gasteiger partial charge in [0.1, 0.15) is 10.9 Å². The van der Waals surface area contributed by atoms with Crippen molar-refractivity contribution < 1.29 is 4.74 Å². The van der Waals surface area contributed by atoms with Gasteiger partial charge < -0.3 is 4.74 Å². The maximum absolute atomic E-state index is 6.16. The van der Waals surface area contributed by atoms with Crippen molar-refractivity contribution in [3.8, 4) is 11.6 Å². The lowest BCUT2D eigenvalue weighted by Gasteiger charge is -2.14. The number of benzene rings is 1. The summed E-state index contributed by atoms with van der Waals surface area (Å²) in [4.78, 5) is 8.15. The number of aromatic nitrogens is 2. The van der Waals surface area contributed by atoms with Crippen LogP contribution in [0.25, 0.3) is 0 Å². The molecule has 0 aliphatic heterocycles. The highest BCUT2D eigenvalue weighted by Crippen LogP contribution is 2.34. The molecule has 3 nitrogen and oxygen atoms in total. The Morgan fingerprint density at radius 3 is 2.52 bits per heavy atom. The van der Waals surface area contributed by atoms with Crippen LogP contribution >= 0.6 is 39.1 Å². The Labute approximate surface area is 142 Å². The standard InChI is InChI=1S/C15H15BrCl2N2O/c1-8(2)12-13(17)19-15(18)20-14(12)21-11-5-9(3)4-10(6-11)7-16/h4-6,8H,7H2,1-3H3. The number of rotatable bonds is 4. The fraction of sp³-hybridized carbons (Fsp3) is 0.333. The predicted octanol–water partition coefficient (Wildman–Crippen LogP) is 5.90. The van der Waals surface area contributed by atoms with Crippen molar-refractivity contribution in [2.24, 2.45) is 0 Å². The van der Waals surface area contributed by atoms with Gasteiger partial charge in [-0.3, -0.25) is 0 Å².